The number of likely N-dealkylation sites (tertiary alicyclic amines) is 1. The number of nitrogens with two attached hydrogens (primary N) is 1. The highest BCUT2D eigenvalue weighted by Crippen LogP contribution is 2.37. The number of carbonyl (C=O) groups excluding carboxylic acids is 1. The number of hydrogen-bond acceptors (Lipinski definition) is 4. The normalized spacial score (nSPS) is 31.9. The summed E-state index contributed by atoms with van der Waals surface area (Å²) in [5.41, 5.74) is 5.21. The molecular formula is C16H32N4O. The van der Waals surface area contributed by atoms with Crippen LogP contribution in [-0.2, 0) is 4.79 Å². The molecule has 1 heterocycles. The summed E-state index contributed by atoms with van der Waals surface area (Å²) in [5.74, 6) is 0.211. The van der Waals surface area contributed by atoms with Crippen LogP contribution in [0.3, 0.4) is 0 Å². The second-order valence-corrected chi connectivity index (χ2v) is 6.98. The van der Waals surface area contributed by atoms with Gasteiger partial charge in [0.05, 0.1) is 0 Å². The maximum Gasteiger partial charge on any atom is 0.238 e. The van der Waals surface area contributed by atoms with E-state index in [1.165, 1.54) is 25.9 Å². The zero-order valence-electron chi connectivity index (χ0n) is 13.9. The average molecular weight is 296 g/mol. The van der Waals surface area contributed by atoms with Gasteiger partial charge in [-0.25, -0.2) is 0 Å². The van der Waals surface area contributed by atoms with Crippen LogP contribution in [0.1, 0.15) is 38.5 Å². The summed E-state index contributed by atoms with van der Waals surface area (Å²) in [6.45, 7) is 3.45. The first-order valence-corrected chi connectivity index (χ1v) is 8.37. The second-order valence-electron chi connectivity index (χ2n) is 6.98. The highest BCUT2D eigenvalue weighted by atomic mass is 16.1. The molecule has 1 saturated carbocycles. The predicted molar refractivity (Wildman–Crippen MR) is 86.1 cm³/mol. The number of likely N-dealkylation sites (N-methyl/N-ethyl adjacent to an activating group) is 1. The standard InChI is InChI=1S/C16H32N4O/c1-18-16(15(17)21)9-4-5-13(16)6-12-20(3)14-7-10-19(2)11-8-14/h13-14,18H,4-12H2,1-3H3,(H2,17,21). The Balaban J connectivity index is 1.85. The van der Waals surface area contributed by atoms with E-state index < -0.39 is 5.54 Å². The van der Waals surface area contributed by atoms with Gasteiger partial charge in [0.1, 0.15) is 5.54 Å². The van der Waals surface area contributed by atoms with Crippen molar-refractivity contribution in [3.8, 4) is 0 Å². The minimum atomic E-state index is -0.465. The number of piperidine rings is 1. The van der Waals surface area contributed by atoms with Crippen molar-refractivity contribution in [3.05, 3.63) is 0 Å². The fourth-order valence-corrected chi connectivity index (χ4v) is 4.22. The van der Waals surface area contributed by atoms with Crippen LogP contribution in [-0.4, -0.2) is 68.1 Å². The lowest BCUT2D eigenvalue weighted by Gasteiger charge is -2.37. The van der Waals surface area contributed by atoms with Crippen molar-refractivity contribution in [2.45, 2.75) is 50.1 Å². The Labute approximate surface area is 129 Å². The van der Waals surface area contributed by atoms with Crippen LogP contribution in [0.2, 0.25) is 0 Å². The predicted octanol–water partition coefficient (Wildman–Crippen LogP) is 0.646. The molecule has 0 spiro atoms. The molecule has 5 nitrogen and oxygen atoms in total. The third-order valence-corrected chi connectivity index (χ3v) is 5.85. The lowest BCUT2D eigenvalue weighted by atomic mass is 9.83. The summed E-state index contributed by atoms with van der Waals surface area (Å²) in [5, 5.41) is 3.24. The van der Waals surface area contributed by atoms with Gasteiger partial charge in [0.25, 0.3) is 0 Å². The first kappa shape index (κ1) is 16.7. The molecule has 2 unspecified atom stereocenters. The molecule has 1 aliphatic heterocycles. The number of amides is 1. The number of primary amides is 1. The molecule has 0 aromatic rings. The van der Waals surface area contributed by atoms with Crippen molar-refractivity contribution in [2.75, 3.05) is 40.8 Å². The van der Waals surface area contributed by atoms with E-state index in [9.17, 15) is 4.79 Å². The summed E-state index contributed by atoms with van der Waals surface area (Å²) in [6.07, 6.45) is 6.68. The van der Waals surface area contributed by atoms with Crippen LogP contribution in [0.25, 0.3) is 0 Å². The van der Waals surface area contributed by atoms with Gasteiger partial charge in [0, 0.05) is 6.04 Å². The molecular weight excluding hydrogens is 264 g/mol. The molecule has 1 saturated heterocycles. The summed E-state index contributed by atoms with van der Waals surface area (Å²) in [7, 11) is 6.31. The van der Waals surface area contributed by atoms with Crippen LogP contribution in [0.5, 0.6) is 0 Å². The van der Waals surface area contributed by atoms with Crippen LogP contribution in [0, 0.1) is 5.92 Å². The van der Waals surface area contributed by atoms with Crippen molar-refractivity contribution in [3.63, 3.8) is 0 Å². The summed E-state index contributed by atoms with van der Waals surface area (Å²) in [6, 6.07) is 0.695. The molecule has 0 aromatic heterocycles. The molecule has 2 aliphatic rings. The zero-order chi connectivity index (χ0) is 15.5. The summed E-state index contributed by atoms with van der Waals surface area (Å²) in [4.78, 5) is 16.8. The van der Waals surface area contributed by atoms with Gasteiger partial charge in [-0.05, 0) is 78.8 Å². The lowest BCUT2D eigenvalue weighted by molar-refractivity contribution is -0.125. The Bertz CT molecular complexity index is 354. The third kappa shape index (κ3) is 3.58. The second kappa shape index (κ2) is 7.07. The largest absolute Gasteiger partial charge is 0.368 e. The van der Waals surface area contributed by atoms with Gasteiger partial charge in [0.2, 0.25) is 5.91 Å². The van der Waals surface area contributed by atoms with E-state index in [-0.39, 0.29) is 5.91 Å². The van der Waals surface area contributed by atoms with Gasteiger partial charge in [-0.2, -0.15) is 0 Å². The van der Waals surface area contributed by atoms with Gasteiger partial charge in [-0.1, -0.05) is 6.42 Å². The highest BCUT2D eigenvalue weighted by Gasteiger charge is 2.46. The smallest absolute Gasteiger partial charge is 0.238 e. The third-order valence-electron chi connectivity index (χ3n) is 5.85. The molecule has 2 fully saturated rings. The molecule has 0 aromatic carbocycles. The first-order chi connectivity index (χ1) is 9.99. The molecule has 122 valence electrons. The van der Waals surface area contributed by atoms with Crippen LogP contribution in [0.4, 0.5) is 0 Å². The number of rotatable bonds is 6. The van der Waals surface area contributed by atoms with Crippen LogP contribution < -0.4 is 11.1 Å². The average Bonchev–Trinajstić information content (AvgIpc) is 2.89. The maximum atomic E-state index is 11.9. The molecule has 2 atom stereocenters. The molecule has 3 N–H and O–H groups in total. The van der Waals surface area contributed by atoms with Crippen molar-refractivity contribution in [2.24, 2.45) is 11.7 Å². The molecule has 1 amide bonds. The molecule has 0 bridgehead atoms. The van der Waals surface area contributed by atoms with Crippen molar-refractivity contribution in [1.29, 1.82) is 0 Å². The number of nitrogens with one attached hydrogen (secondary N) is 1. The van der Waals surface area contributed by atoms with Crippen LogP contribution in [0.15, 0.2) is 0 Å². The topological polar surface area (TPSA) is 61.6 Å². The molecule has 2 rings (SSSR count). The van der Waals surface area contributed by atoms with E-state index in [0.29, 0.717) is 12.0 Å². The van der Waals surface area contributed by atoms with Crippen molar-refractivity contribution in [1.82, 2.24) is 15.1 Å². The highest BCUT2D eigenvalue weighted by molar-refractivity contribution is 5.85. The Hall–Kier alpha value is -0.650. The minimum Gasteiger partial charge on any atom is -0.368 e. The Kier molecular flexibility index (Phi) is 5.63. The van der Waals surface area contributed by atoms with E-state index in [1.54, 1.807) is 0 Å². The van der Waals surface area contributed by atoms with E-state index in [0.717, 1.165) is 32.2 Å². The number of carbonyl (C=O) groups is 1. The Morgan fingerprint density at radius 3 is 2.62 bits per heavy atom. The first-order valence-electron chi connectivity index (χ1n) is 8.37. The van der Waals surface area contributed by atoms with Gasteiger partial charge < -0.3 is 20.9 Å². The molecule has 5 heteroatoms. The summed E-state index contributed by atoms with van der Waals surface area (Å²) >= 11 is 0. The molecule has 0 radical (unpaired) electrons. The quantitative estimate of drug-likeness (QED) is 0.755. The van der Waals surface area contributed by atoms with Gasteiger partial charge in [-0.3, -0.25) is 4.79 Å². The van der Waals surface area contributed by atoms with E-state index in [1.807, 2.05) is 7.05 Å². The van der Waals surface area contributed by atoms with E-state index >= 15 is 0 Å². The van der Waals surface area contributed by atoms with E-state index in [2.05, 4.69) is 29.2 Å². The SMILES string of the molecule is CNC1(C(N)=O)CCCC1CCN(C)C1CCN(C)CC1. The number of nitrogens with zero attached hydrogens (tertiary/aromatic N) is 2. The minimum absolute atomic E-state index is 0.172. The fraction of sp³-hybridized carbons (Fsp3) is 0.938. The molecule has 21 heavy (non-hydrogen) atoms. The monoisotopic (exact) mass is 296 g/mol. The fourth-order valence-electron chi connectivity index (χ4n) is 4.22. The van der Waals surface area contributed by atoms with Crippen molar-refractivity contribution < 1.29 is 4.79 Å². The molecule has 1 aliphatic carbocycles. The van der Waals surface area contributed by atoms with Gasteiger partial charge in [0.15, 0.2) is 0 Å². The Morgan fingerprint density at radius 2 is 2.05 bits per heavy atom. The number of hydrogen-bond donors (Lipinski definition) is 2. The zero-order valence-corrected chi connectivity index (χ0v) is 13.9. The van der Waals surface area contributed by atoms with Crippen LogP contribution >= 0.6 is 0 Å². The van der Waals surface area contributed by atoms with Crippen molar-refractivity contribution >= 4 is 5.91 Å². The van der Waals surface area contributed by atoms with Gasteiger partial charge >= 0.3 is 0 Å². The maximum absolute atomic E-state index is 11.9. The van der Waals surface area contributed by atoms with E-state index in [4.69, 9.17) is 5.73 Å². The Morgan fingerprint density at radius 1 is 1.38 bits per heavy atom. The van der Waals surface area contributed by atoms with Gasteiger partial charge in [-0.15, -0.1) is 0 Å². The lowest BCUT2D eigenvalue weighted by Crippen LogP contribution is -2.57. The summed E-state index contributed by atoms with van der Waals surface area (Å²) < 4.78 is 0.